The molecule has 0 aliphatic rings. The van der Waals surface area contributed by atoms with Crippen LogP contribution < -0.4 is 15.1 Å². The Labute approximate surface area is 120 Å². The zero-order valence-corrected chi connectivity index (χ0v) is 13.0. The number of pyridine rings is 1. The first-order valence-electron chi connectivity index (χ1n) is 6.06. The van der Waals surface area contributed by atoms with Crippen LogP contribution in [-0.2, 0) is 0 Å². The molecule has 0 amide bonds. The van der Waals surface area contributed by atoms with Gasteiger partial charge >= 0.3 is 114 Å². The Balaban J connectivity index is 0.00000133. The molecule has 0 bridgehead atoms. The number of aromatic nitrogens is 1. The topological polar surface area (TPSA) is 39.4 Å². The molecule has 0 spiro atoms. The van der Waals surface area contributed by atoms with Crippen molar-refractivity contribution >= 4 is 29.4 Å². The number of benzene rings is 1. The number of aryl methyl sites for hydroxylation is 1. The standard InChI is InChI=1S/C16H15NSe.H3N/c1-12-13(2)17-11-7-6-10-15(17)16(12)18-14-8-4-3-5-9-14;/h3-11H,1-2H3;1H3. The number of hydrogen-bond donors (Lipinski definition) is 1. The van der Waals surface area contributed by atoms with Gasteiger partial charge in [-0.1, -0.05) is 0 Å². The van der Waals surface area contributed by atoms with Gasteiger partial charge in [0.1, 0.15) is 0 Å². The molecule has 0 unspecified atom stereocenters. The molecule has 2 nitrogen and oxygen atoms in total. The van der Waals surface area contributed by atoms with Crippen molar-refractivity contribution in [1.82, 2.24) is 10.6 Å². The number of nitrogens with zero attached hydrogens (tertiary/aromatic N) is 1. The van der Waals surface area contributed by atoms with Gasteiger partial charge in [0, 0.05) is 0 Å². The summed E-state index contributed by atoms with van der Waals surface area (Å²) < 4.78 is 5.24. The minimum absolute atomic E-state index is 0. The van der Waals surface area contributed by atoms with Crippen molar-refractivity contribution < 1.29 is 0 Å². The van der Waals surface area contributed by atoms with Crippen LogP contribution in [0, 0.1) is 13.8 Å². The predicted octanol–water partition coefficient (Wildman–Crippen LogP) is 2.37. The largest absolute Gasteiger partial charge is 0.344 e. The van der Waals surface area contributed by atoms with E-state index in [0.29, 0.717) is 15.0 Å². The quantitative estimate of drug-likeness (QED) is 0.724. The molecular weight excluding hydrogens is 299 g/mol. The van der Waals surface area contributed by atoms with Crippen LogP contribution in [-0.4, -0.2) is 19.4 Å². The van der Waals surface area contributed by atoms with Crippen LogP contribution in [0.4, 0.5) is 0 Å². The minimum atomic E-state index is 0. The van der Waals surface area contributed by atoms with E-state index >= 15 is 0 Å². The van der Waals surface area contributed by atoms with Crippen LogP contribution in [0.15, 0.2) is 54.7 Å². The van der Waals surface area contributed by atoms with Crippen LogP contribution in [0.3, 0.4) is 0 Å². The third kappa shape index (κ3) is 2.45. The molecule has 0 fully saturated rings. The van der Waals surface area contributed by atoms with E-state index in [0.717, 1.165) is 0 Å². The summed E-state index contributed by atoms with van der Waals surface area (Å²) in [5.41, 5.74) is 4.15. The summed E-state index contributed by atoms with van der Waals surface area (Å²) in [6, 6.07) is 17.2. The Morgan fingerprint density at radius 2 is 1.58 bits per heavy atom. The normalized spacial score (nSPS) is 10.4. The van der Waals surface area contributed by atoms with Crippen LogP contribution in [0.25, 0.3) is 5.52 Å². The Hall–Kier alpha value is -1.54. The Morgan fingerprint density at radius 3 is 2.32 bits per heavy atom. The van der Waals surface area contributed by atoms with Crippen molar-refractivity contribution in [1.29, 1.82) is 0 Å². The second-order valence-corrected chi connectivity index (χ2v) is 6.68. The fourth-order valence-electron chi connectivity index (χ4n) is 2.19. The number of rotatable bonds is 2. The maximum atomic E-state index is 2.30. The molecule has 0 saturated heterocycles. The van der Waals surface area contributed by atoms with Crippen molar-refractivity contribution in [2.24, 2.45) is 0 Å². The Bertz CT molecular complexity index is 687. The molecule has 98 valence electrons. The van der Waals surface area contributed by atoms with E-state index in [1.165, 1.54) is 25.7 Å². The predicted molar refractivity (Wildman–Crippen MR) is 83.4 cm³/mol. The van der Waals surface area contributed by atoms with Crippen LogP contribution >= 0.6 is 0 Å². The summed E-state index contributed by atoms with van der Waals surface area (Å²) in [4.78, 5) is 0. The second kappa shape index (κ2) is 5.62. The summed E-state index contributed by atoms with van der Waals surface area (Å²) in [7, 11) is 0. The van der Waals surface area contributed by atoms with E-state index < -0.39 is 0 Å². The fourth-order valence-corrected chi connectivity index (χ4v) is 4.50. The average Bonchev–Trinajstić information content (AvgIpc) is 2.66. The summed E-state index contributed by atoms with van der Waals surface area (Å²) in [6.07, 6.45) is 2.15. The molecule has 2 aromatic heterocycles. The molecule has 3 N–H and O–H groups in total. The molecule has 3 aromatic rings. The molecule has 1 aromatic carbocycles. The number of fused-ring (bicyclic) bond motifs is 1. The third-order valence-electron chi connectivity index (χ3n) is 3.30. The molecule has 0 aliphatic heterocycles. The molecule has 0 atom stereocenters. The van der Waals surface area contributed by atoms with Crippen molar-refractivity contribution in [3.8, 4) is 0 Å². The van der Waals surface area contributed by atoms with Crippen molar-refractivity contribution in [2.45, 2.75) is 13.8 Å². The summed E-state index contributed by atoms with van der Waals surface area (Å²) in [5.74, 6) is 0. The van der Waals surface area contributed by atoms with Crippen molar-refractivity contribution in [3.63, 3.8) is 0 Å². The van der Waals surface area contributed by atoms with Crippen LogP contribution in [0.2, 0.25) is 0 Å². The SMILES string of the molecule is Cc1c([Se]c2ccccc2)c2ccccn2c1C.N. The van der Waals surface area contributed by atoms with Gasteiger partial charge in [-0.25, -0.2) is 0 Å². The zero-order chi connectivity index (χ0) is 12.5. The van der Waals surface area contributed by atoms with Gasteiger partial charge in [-0.2, -0.15) is 0 Å². The van der Waals surface area contributed by atoms with Crippen molar-refractivity contribution in [2.75, 3.05) is 0 Å². The molecule has 19 heavy (non-hydrogen) atoms. The smallest absolute Gasteiger partial charge is 0.344 e. The Morgan fingerprint density at radius 1 is 0.895 bits per heavy atom. The van der Waals surface area contributed by atoms with E-state index in [1.807, 2.05) is 0 Å². The van der Waals surface area contributed by atoms with Gasteiger partial charge in [0.15, 0.2) is 0 Å². The molecule has 3 heteroatoms. The van der Waals surface area contributed by atoms with Crippen molar-refractivity contribution in [3.05, 3.63) is 66.0 Å². The first kappa shape index (κ1) is 13.9. The van der Waals surface area contributed by atoms with Gasteiger partial charge in [0.05, 0.1) is 0 Å². The molecule has 0 radical (unpaired) electrons. The third-order valence-corrected chi connectivity index (χ3v) is 5.88. The maximum absolute atomic E-state index is 2.30. The monoisotopic (exact) mass is 318 g/mol. The van der Waals surface area contributed by atoms with E-state index in [4.69, 9.17) is 0 Å². The number of hydrogen-bond acceptors (Lipinski definition) is 1. The molecule has 0 saturated carbocycles. The van der Waals surface area contributed by atoms with Gasteiger partial charge in [-0.3, -0.25) is 0 Å². The average molecular weight is 317 g/mol. The summed E-state index contributed by atoms with van der Waals surface area (Å²) >= 11 is 0.381. The van der Waals surface area contributed by atoms with E-state index in [2.05, 4.69) is 73.0 Å². The van der Waals surface area contributed by atoms with Gasteiger partial charge in [0.2, 0.25) is 0 Å². The molecule has 0 aliphatic carbocycles. The molecular formula is C16H18N2Se. The van der Waals surface area contributed by atoms with E-state index in [1.54, 1.807) is 0 Å². The molecule has 2 heterocycles. The van der Waals surface area contributed by atoms with Gasteiger partial charge < -0.3 is 6.15 Å². The van der Waals surface area contributed by atoms with E-state index in [9.17, 15) is 0 Å². The minimum Gasteiger partial charge on any atom is -0.344 e. The first-order chi connectivity index (χ1) is 8.77. The van der Waals surface area contributed by atoms with Gasteiger partial charge in [0.25, 0.3) is 0 Å². The van der Waals surface area contributed by atoms with E-state index in [-0.39, 0.29) is 6.15 Å². The first-order valence-corrected chi connectivity index (χ1v) is 7.78. The fraction of sp³-hybridized carbons (Fsp3) is 0.125. The van der Waals surface area contributed by atoms with Crippen LogP contribution in [0.1, 0.15) is 11.3 Å². The van der Waals surface area contributed by atoms with Gasteiger partial charge in [-0.15, -0.1) is 0 Å². The maximum Gasteiger partial charge on any atom is -0.344 e. The summed E-state index contributed by atoms with van der Waals surface area (Å²) in [5, 5.41) is 0. The zero-order valence-electron chi connectivity index (χ0n) is 11.3. The summed E-state index contributed by atoms with van der Waals surface area (Å²) in [6.45, 7) is 4.44. The van der Waals surface area contributed by atoms with Crippen LogP contribution in [0.5, 0.6) is 0 Å². The Kier molecular flexibility index (Phi) is 4.11. The second-order valence-electron chi connectivity index (χ2n) is 4.41. The van der Waals surface area contributed by atoms with Gasteiger partial charge in [-0.05, 0) is 0 Å². The molecule has 3 rings (SSSR count).